The molecule has 0 saturated heterocycles. The summed E-state index contributed by atoms with van der Waals surface area (Å²) in [6.07, 6.45) is 3.64. The van der Waals surface area contributed by atoms with Crippen LogP contribution in [0.2, 0.25) is 0 Å². The molecule has 1 aromatic rings. The van der Waals surface area contributed by atoms with Gasteiger partial charge in [-0.25, -0.2) is 0 Å². The van der Waals surface area contributed by atoms with Crippen LogP contribution in [0.4, 0.5) is 0 Å². The Bertz CT molecular complexity index is 228. The third-order valence-corrected chi connectivity index (χ3v) is 1.57. The fraction of sp³-hybridized carbons (Fsp3) is 0.500. The Morgan fingerprint density at radius 2 is 1.77 bits per heavy atom. The Kier molecular flexibility index (Phi) is 4.96. The van der Waals surface area contributed by atoms with Gasteiger partial charge in [0, 0.05) is 24.5 Å². The lowest BCUT2D eigenvalue weighted by atomic mass is 10.1. The highest BCUT2D eigenvalue weighted by Gasteiger charge is 2.07. The van der Waals surface area contributed by atoms with Gasteiger partial charge in [0.05, 0.1) is 0 Å². The van der Waals surface area contributed by atoms with Crippen LogP contribution in [-0.4, -0.2) is 10.5 Å². The number of pyridine rings is 1. The second-order valence-electron chi connectivity index (χ2n) is 3.96. The molecule has 0 saturated carbocycles. The van der Waals surface area contributed by atoms with Gasteiger partial charge in [0.1, 0.15) is 0 Å². The van der Waals surface area contributed by atoms with Crippen molar-refractivity contribution >= 4 is 12.4 Å². The van der Waals surface area contributed by atoms with E-state index in [9.17, 15) is 0 Å². The number of hydrogen-bond donors (Lipinski definition) is 1. The molecular weight excluding hydrogens is 184 g/mol. The third-order valence-electron chi connectivity index (χ3n) is 1.57. The van der Waals surface area contributed by atoms with Crippen molar-refractivity contribution < 1.29 is 0 Å². The maximum Gasteiger partial charge on any atom is 0.0271 e. The van der Waals surface area contributed by atoms with Gasteiger partial charge in [0.15, 0.2) is 0 Å². The van der Waals surface area contributed by atoms with E-state index in [-0.39, 0.29) is 17.9 Å². The van der Waals surface area contributed by atoms with Gasteiger partial charge in [-0.05, 0) is 38.5 Å². The van der Waals surface area contributed by atoms with Crippen molar-refractivity contribution in [3.8, 4) is 0 Å². The molecule has 0 fully saturated rings. The molecule has 0 spiro atoms. The molecule has 0 aromatic carbocycles. The number of nitrogens with one attached hydrogen (secondary N) is 1. The quantitative estimate of drug-likeness (QED) is 0.793. The first-order valence-corrected chi connectivity index (χ1v) is 4.22. The number of hydrogen-bond acceptors (Lipinski definition) is 2. The van der Waals surface area contributed by atoms with Crippen molar-refractivity contribution in [1.82, 2.24) is 10.3 Å². The van der Waals surface area contributed by atoms with E-state index in [4.69, 9.17) is 0 Å². The summed E-state index contributed by atoms with van der Waals surface area (Å²) in [7, 11) is 0. The van der Waals surface area contributed by atoms with Crippen molar-refractivity contribution in [3.63, 3.8) is 0 Å². The minimum atomic E-state index is 0. The highest BCUT2D eigenvalue weighted by atomic mass is 35.5. The maximum absolute atomic E-state index is 3.96. The highest BCUT2D eigenvalue weighted by molar-refractivity contribution is 5.85. The Morgan fingerprint density at radius 1 is 1.23 bits per heavy atom. The zero-order valence-electron chi connectivity index (χ0n) is 8.37. The molecule has 0 atom stereocenters. The van der Waals surface area contributed by atoms with Crippen LogP contribution in [0.3, 0.4) is 0 Å². The fourth-order valence-corrected chi connectivity index (χ4v) is 0.868. The molecular formula is C10H17ClN2. The summed E-state index contributed by atoms with van der Waals surface area (Å²) in [5, 5.41) is 3.41. The summed E-state index contributed by atoms with van der Waals surface area (Å²) in [5.74, 6) is 0. The van der Waals surface area contributed by atoms with Crippen LogP contribution in [0.1, 0.15) is 26.3 Å². The van der Waals surface area contributed by atoms with Crippen molar-refractivity contribution in [2.45, 2.75) is 32.9 Å². The van der Waals surface area contributed by atoms with Crippen molar-refractivity contribution in [3.05, 3.63) is 30.1 Å². The Morgan fingerprint density at radius 3 is 2.23 bits per heavy atom. The smallest absolute Gasteiger partial charge is 0.0271 e. The van der Waals surface area contributed by atoms with Crippen LogP contribution < -0.4 is 5.32 Å². The molecule has 74 valence electrons. The largest absolute Gasteiger partial charge is 0.308 e. The van der Waals surface area contributed by atoms with Gasteiger partial charge in [-0.15, -0.1) is 12.4 Å². The van der Waals surface area contributed by atoms with Crippen molar-refractivity contribution in [2.24, 2.45) is 0 Å². The Hall–Kier alpha value is -0.600. The first kappa shape index (κ1) is 12.4. The lowest BCUT2D eigenvalue weighted by Crippen LogP contribution is -2.35. The second kappa shape index (κ2) is 5.20. The molecule has 0 aliphatic carbocycles. The van der Waals surface area contributed by atoms with Crippen LogP contribution in [0, 0.1) is 0 Å². The molecule has 1 aromatic heterocycles. The molecule has 0 bridgehead atoms. The van der Waals surface area contributed by atoms with E-state index in [1.54, 1.807) is 0 Å². The lowest BCUT2D eigenvalue weighted by Gasteiger charge is -2.20. The van der Waals surface area contributed by atoms with Gasteiger partial charge in [0.2, 0.25) is 0 Å². The summed E-state index contributed by atoms with van der Waals surface area (Å²) >= 11 is 0. The van der Waals surface area contributed by atoms with Crippen LogP contribution in [0.15, 0.2) is 24.5 Å². The van der Waals surface area contributed by atoms with Crippen molar-refractivity contribution in [1.29, 1.82) is 0 Å². The topological polar surface area (TPSA) is 24.9 Å². The van der Waals surface area contributed by atoms with Crippen LogP contribution in [0.5, 0.6) is 0 Å². The van der Waals surface area contributed by atoms with E-state index < -0.39 is 0 Å². The average Bonchev–Trinajstić information content (AvgIpc) is 2.02. The van der Waals surface area contributed by atoms with Gasteiger partial charge in [-0.2, -0.15) is 0 Å². The summed E-state index contributed by atoms with van der Waals surface area (Å²) in [5.41, 5.74) is 1.46. The minimum absolute atomic E-state index is 0. The monoisotopic (exact) mass is 200 g/mol. The van der Waals surface area contributed by atoms with E-state index >= 15 is 0 Å². The summed E-state index contributed by atoms with van der Waals surface area (Å²) in [4.78, 5) is 3.96. The molecule has 1 rings (SSSR count). The standard InChI is InChI=1S/C10H16N2.ClH/c1-10(2,3)12-8-9-4-6-11-7-5-9;/h4-7,12H,8H2,1-3H3;1H. The number of halogens is 1. The third kappa shape index (κ3) is 5.61. The van der Waals surface area contributed by atoms with E-state index in [0.717, 1.165) is 6.54 Å². The van der Waals surface area contributed by atoms with Gasteiger partial charge < -0.3 is 5.32 Å². The van der Waals surface area contributed by atoms with Gasteiger partial charge in [0.25, 0.3) is 0 Å². The first-order chi connectivity index (χ1) is 5.58. The van der Waals surface area contributed by atoms with Crippen LogP contribution in [-0.2, 0) is 6.54 Å². The molecule has 0 aliphatic rings. The van der Waals surface area contributed by atoms with E-state index in [2.05, 4.69) is 31.1 Å². The number of rotatable bonds is 2. The highest BCUT2D eigenvalue weighted by Crippen LogP contribution is 2.02. The summed E-state index contributed by atoms with van der Waals surface area (Å²) in [6.45, 7) is 7.39. The normalized spacial score (nSPS) is 10.7. The predicted molar refractivity (Wildman–Crippen MR) is 58.1 cm³/mol. The zero-order valence-corrected chi connectivity index (χ0v) is 9.19. The summed E-state index contributed by atoms with van der Waals surface area (Å²) in [6, 6.07) is 4.05. The SMILES string of the molecule is CC(C)(C)NCc1ccncc1.Cl. The second-order valence-corrected chi connectivity index (χ2v) is 3.96. The maximum atomic E-state index is 3.96. The zero-order chi connectivity index (χ0) is 9.03. The van der Waals surface area contributed by atoms with Gasteiger partial charge in [-0.3, -0.25) is 4.98 Å². The Labute approximate surface area is 86.2 Å². The molecule has 1 N–H and O–H groups in total. The van der Waals surface area contributed by atoms with Crippen LogP contribution in [0.25, 0.3) is 0 Å². The molecule has 0 radical (unpaired) electrons. The molecule has 0 aliphatic heterocycles. The summed E-state index contributed by atoms with van der Waals surface area (Å²) < 4.78 is 0. The Balaban J connectivity index is 0.00000144. The van der Waals surface area contributed by atoms with Gasteiger partial charge in [-0.1, -0.05) is 0 Å². The van der Waals surface area contributed by atoms with Crippen molar-refractivity contribution in [2.75, 3.05) is 0 Å². The predicted octanol–water partition coefficient (Wildman–Crippen LogP) is 2.39. The molecule has 13 heavy (non-hydrogen) atoms. The fourth-order valence-electron chi connectivity index (χ4n) is 0.868. The van der Waals surface area contributed by atoms with E-state index in [1.165, 1.54) is 5.56 Å². The van der Waals surface area contributed by atoms with Gasteiger partial charge >= 0.3 is 0 Å². The molecule has 3 heteroatoms. The molecule has 0 unspecified atom stereocenters. The van der Waals surface area contributed by atoms with E-state index in [1.807, 2.05) is 24.5 Å². The lowest BCUT2D eigenvalue weighted by molar-refractivity contribution is 0.424. The molecule has 0 amide bonds. The number of aromatic nitrogens is 1. The van der Waals surface area contributed by atoms with E-state index in [0.29, 0.717) is 0 Å². The number of nitrogens with zero attached hydrogens (tertiary/aromatic N) is 1. The average molecular weight is 201 g/mol. The molecule has 2 nitrogen and oxygen atoms in total. The molecule has 1 heterocycles. The minimum Gasteiger partial charge on any atom is -0.308 e. The first-order valence-electron chi connectivity index (χ1n) is 4.22. The van der Waals surface area contributed by atoms with Crippen LogP contribution >= 0.6 is 12.4 Å².